The number of hydrogen-bond donors (Lipinski definition) is 0. The fraction of sp³-hybridized carbons (Fsp3) is 0.286. The van der Waals surface area contributed by atoms with Crippen molar-refractivity contribution in [1.29, 1.82) is 0 Å². The molecule has 0 spiro atoms. The van der Waals surface area contributed by atoms with Crippen LogP contribution in [0.4, 0.5) is 4.39 Å². The van der Waals surface area contributed by atoms with Gasteiger partial charge in [0.1, 0.15) is 11.3 Å². The maximum absolute atomic E-state index is 12.5. The van der Waals surface area contributed by atoms with Crippen molar-refractivity contribution in [2.45, 2.75) is 13.1 Å². The van der Waals surface area contributed by atoms with Crippen LogP contribution in [0.5, 0.6) is 0 Å². The zero-order valence-electron chi connectivity index (χ0n) is 5.51. The normalized spacial score (nSPS) is 13.1. The fourth-order valence-electron chi connectivity index (χ4n) is 0.665. The van der Waals surface area contributed by atoms with Crippen LogP contribution in [0.15, 0.2) is 18.3 Å². The monoisotopic (exact) mass is 159 g/mol. The van der Waals surface area contributed by atoms with E-state index < -0.39 is 6.17 Å². The summed E-state index contributed by atoms with van der Waals surface area (Å²) in [6, 6.07) is 3.13. The van der Waals surface area contributed by atoms with Gasteiger partial charge in [-0.05, 0) is 24.6 Å². The van der Waals surface area contributed by atoms with E-state index in [1.807, 2.05) is 0 Å². The van der Waals surface area contributed by atoms with Crippen molar-refractivity contribution >= 4 is 11.6 Å². The van der Waals surface area contributed by atoms with Gasteiger partial charge in [-0.2, -0.15) is 0 Å². The number of rotatable bonds is 1. The summed E-state index contributed by atoms with van der Waals surface area (Å²) >= 11 is 5.51. The Hall–Kier alpha value is -0.630. The predicted octanol–water partition coefficient (Wildman–Crippen LogP) is 2.77. The molecule has 1 aromatic heterocycles. The number of hydrogen-bond acceptors (Lipinski definition) is 1. The number of aromatic nitrogens is 1. The molecule has 0 bridgehead atoms. The molecule has 1 nitrogen and oxygen atoms in total. The number of alkyl halides is 1. The Labute approximate surface area is 63.8 Å². The maximum Gasteiger partial charge on any atom is 0.129 e. The van der Waals surface area contributed by atoms with Crippen molar-refractivity contribution in [2.24, 2.45) is 0 Å². The van der Waals surface area contributed by atoms with E-state index >= 15 is 0 Å². The van der Waals surface area contributed by atoms with E-state index in [1.165, 1.54) is 19.2 Å². The van der Waals surface area contributed by atoms with Crippen molar-refractivity contribution < 1.29 is 4.39 Å². The highest BCUT2D eigenvalue weighted by atomic mass is 35.5. The minimum atomic E-state index is -0.972. The summed E-state index contributed by atoms with van der Waals surface area (Å²) < 4.78 is 12.5. The van der Waals surface area contributed by atoms with Gasteiger partial charge in [0, 0.05) is 6.20 Å². The Kier molecular flexibility index (Phi) is 2.22. The topological polar surface area (TPSA) is 12.9 Å². The first-order valence-corrected chi connectivity index (χ1v) is 3.33. The Morgan fingerprint density at radius 1 is 1.70 bits per heavy atom. The molecule has 3 heteroatoms. The lowest BCUT2D eigenvalue weighted by Gasteiger charge is -1.99. The second kappa shape index (κ2) is 2.97. The van der Waals surface area contributed by atoms with Gasteiger partial charge in [-0.25, -0.2) is 9.37 Å². The molecule has 0 aliphatic rings. The molecule has 0 saturated heterocycles. The number of nitrogens with zero attached hydrogens (tertiary/aromatic N) is 1. The quantitative estimate of drug-likeness (QED) is 0.575. The van der Waals surface area contributed by atoms with Crippen molar-refractivity contribution in [3.63, 3.8) is 0 Å². The Bertz CT molecular complexity index is 225. The molecule has 1 unspecified atom stereocenters. The van der Waals surface area contributed by atoms with E-state index in [0.29, 0.717) is 10.7 Å². The summed E-state index contributed by atoms with van der Waals surface area (Å²) in [7, 11) is 0. The highest BCUT2D eigenvalue weighted by molar-refractivity contribution is 6.29. The zero-order valence-corrected chi connectivity index (χ0v) is 6.27. The van der Waals surface area contributed by atoms with Crippen molar-refractivity contribution in [1.82, 2.24) is 4.98 Å². The molecular formula is C7H7ClFN. The molecule has 1 heterocycles. The van der Waals surface area contributed by atoms with Crippen molar-refractivity contribution in [2.75, 3.05) is 0 Å². The molecule has 0 aliphatic heterocycles. The second-order valence-electron chi connectivity index (χ2n) is 2.03. The maximum atomic E-state index is 12.5. The average Bonchev–Trinajstić information content (AvgIpc) is 1.88. The van der Waals surface area contributed by atoms with E-state index in [0.717, 1.165) is 0 Å². The number of pyridine rings is 1. The minimum absolute atomic E-state index is 0.335. The molecular weight excluding hydrogens is 153 g/mol. The van der Waals surface area contributed by atoms with Gasteiger partial charge in [-0.1, -0.05) is 11.6 Å². The summed E-state index contributed by atoms with van der Waals surface area (Å²) in [6.45, 7) is 1.46. The van der Waals surface area contributed by atoms with Gasteiger partial charge >= 0.3 is 0 Å². The molecule has 1 aromatic rings. The first-order chi connectivity index (χ1) is 4.70. The SMILES string of the molecule is CC(F)c1ccnc(Cl)c1. The lowest BCUT2D eigenvalue weighted by molar-refractivity contribution is 0.374. The van der Waals surface area contributed by atoms with Gasteiger partial charge in [0.15, 0.2) is 0 Å². The smallest absolute Gasteiger partial charge is 0.129 e. The molecule has 0 N–H and O–H groups in total. The first-order valence-electron chi connectivity index (χ1n) is 2.95. The van der Waals surface area contributed by atoms with Crippen molar-refractivity contribution in [3.05, 3.63) is 29.0 Å². The van der Waals surface area contributed by atoms with Gasteiger partial charge in [0.05, 0.1) is 0 Å². The summed E-state index contributed by atoms with van der Waals surface area (Å²) in [6.07, 6.45) is 0.522. The lowest BCUT2D eigenvalue weighted by atomic mass is 10.2. The molecule has 1 rings (SSSR count). The molecule has 0 radical (unpaired) electrons. The minimum Gasteiger partial charge on any atom is -0.245 e. The standard InChI is InChI=1S/C7H7ClFN/c1-5(9)6-2-3-10-7(8)4-6/h2-5H,1H3. The second-order valence-corrected chi connectivity index (χ2v) is 2.42. The largest absolute Gasteiger partial charge is 0.245 e. The summed E-state index contributed by atoms with van der Waals surface area (Å²) in [5, 5.41) is 0.335. The van der Waals surface area contributed by atoms with Crippen LogP contribution in [-0.2, 0) is 0 Å². The van der Waals surface area contributed by atoms with E-state index in [4.69, 9.17) is 11.6 Å². The van der Waals surface area contributed by atoms with Crippen LogP contribution in [0.3, 0.4) is 0 Å². The van der Waals surface area contributed by atoms with Crippen molar-refractivity contribution in [3.8, 4) is 0 Å². The Balaban J connectivity index is 2.96. The van der Waals surface area contributed by atoms with Gasteiger partial charge in [-0.3, -0.25) is 0 Å². The molecule has 0 aliphatic carbocycles. The Morgan fingerprint density at radius 3 is 2.80 bits per heavy atom. The summed E-state index contributed by atoms with van der Waals surface area (Å²) in [5.41, 5.74) is 0.569. The fourth-order valence-corrected chi connectivity index (χ4v) is 0.847. The van der Waals surface area contributed by atoms with Crippen LogP contribution in [0.1, 0.15) is 18.7 Å². The Morgan fingerprint density at radius 2 is 2.40 bits per heavy atom. The lowest BCUT2D eigenvalue weighted by Crippen LogP contribution is -1.85. The molecule has 0 fully saturated rings. The van der Waals surface area contributed by atoms with Crippen LogP contribution in [0, 0.1) is 0 Å². The van der Waals surface area contributed by atoms with Crippen LogP contribution < -0.4 is 0 Å². The third-order valence-corrected chi connectivity index (χ3v) is 1.42. The summed E-state index contributed by atoms with van der Waals surface area (Å²) in [4.78, 5) is 3.72. The molecule has 0 amide bonds. The van der Waals surface area contributed by atoms with Crippen LogP contribution in [0.2, 0.25) is 5.15 Å². The number of halogens is 2. The van der Waals surface area contributed by atoms with E-state index in [9.17, 15) is 4.39 Å². The summed E-state index contributed by atoms with van der Waals surface area (Å²) in [5.74, 6) is 0. The van der Waals surface area contributed by atoms with Gasteiger partial charge in [0.25, 0.3) is 0 Å². The van der Waals surface area contributed by atoms with E-state index in [2.05, 4.69) is 4.98 Å². The highest BCUT2D eigenvalue weighted by Crippen LogP contribution is 2.17. The van der Waals surface area contributed by atoms with Gasteiger partial charge in [0.2, 0.25) is 0 Å². The zero-order chi connectivity index (χ0) is 7.56. The molecule has 54 valence electrons. The third-order valence-electron chi connectivity index (χ3n) is 1.21. The van der Waals surface area contributed by atoms with Gasteiger partial charge in [-0.15, -0.1) is 0 Å². The molecule has 0 saturated carbocycles. The van der Waals surface area contributed by atoms with Crippen LogP contribution in [-0.4, -0.2) is 4.98 Å². The van der Waals surface area contributed by atoms with E-state index in [-0.39, 0.29) is 0 Å². The third kappa shape index (κ3) is 1.67. The average molecular weight is 160 g/mol. The molecule has 0 aromatic carbocycles. The highest BCUT2D eigenvalue weighted by Gasteiger charge is 2.01. The molecule has 1 atom stereocenters. The molecule has 10 heavy (non-hydrogen) atoms. The van der Waals surface area contributed by atoms with Gasteiger partial charge < -0.3 is 0 Å². The van der Waals surface area contributed by atoms with Crippen LogP contribution >= 0.6 is 11.6 Å². The first kappa shape index (κ1) is 7.48. The predicted molar refractivity (Wildman–Crippen MR) is 38.8 cm³/mol. The van der Waals surface area contributed by atoms with Crippen LogP contribution in [0.25, 0.3) is 0 Å². The van der Waals surface area contributed by atoms with E-state index in [1.54, 1.807) is 6.07 Å².